The average Bonchev–Trinajstić information content (AvgIpc) is 2.90. The van der Waals surface area contributed by atoms with Crippen molar-refractivity contribution in [2.24, 2.45) is 0 Å². The van der Waals surface area contributed by atoms with Crippen LogP contribution >= 0.6 is 0 Å². The average molecular weight is 351 g/mol. The van der Waals surface area contributed by atoms with Gasteiger partial charge in [-0.25, -0.2) is 0 Å². The van der Waals surface area contributed by atoms with E-state index in [1.807, 2.05) is 12.1 Å². The van der Waals surface area contributed by atoms with Crippen molar-refractivity contribution < 1.29 is 28.2 Å². The molecule has 0 fully saturated rings. The van der Waals surface area contributed by atoms with Gasteiger partial charge in [0.25, 0.3) is 5.91 Å². The molecule has 4 nitrogen and oxygen atoms in total. The number of fused-ring (bicyclic) bond motifs is 1. The number of aryl methyl sites for hydroxylation is 1. The van der Waals surface area contributed by atoms with E-state index in [1.54, 1.807) is 12.1 Å². The number of hydrogen-bond acceptors (Lipinski definition) is 3. The van der Waals surface area contributed by atoms with E-state index in [-0.39, 0.29) is 6.54 Å². The quantitative estimate of drug-likeness (QED) is 0.796. The fourth-order valence-corrected chi connectivity index (χ4v) is 3.07. The maximum atomic E-state index is 12.8. The Bertz CT molecular complexity index is 819. The number of rotatable bonds is 3. The van der Waals surface area contributed by atoms with Gasteiger partial charge in [0.15, 0.2) is 0 Å². The molecule has 2 aromatic rings. The van der Waals surface area contributed by atoms with E-state index < -0.39 is 34.6 Å². The first-order chi connectivity index (χ1) is 11.7. The molecule has 1 amide bonds. The van der Waals surface area contributed by atoms with E-state index >= 15 is 0 Å². The molecule has 25 heavy (non-hydrogen) atoms. The van der Waals surface area contributed by atoms with Crippen LogP contribution in [0.3, 0.4) is 0 Å². The summed E-state index contributed by atoms with van der Waals surface area (Å²) in [4.78, 5) is 12.2. The number of phenols is 1. The number of nitrogens with one attached hydrogen (secondary N) is 1. The number of aromatic hydroxyl groups is 1. The summed E-state index contributed by atoms with van der Waals surface area (Å²) in [5.41, 5.74) is -1.11. The Morgan fingerprint density at radius 2 is 1.92 bits per heavy atom. The fourth-order valence-electron chi connectivity index (χ4n) is 3.07. The number of phenolic OH excluding ortho intramolecular Hbond substituents is 1. The van der Waals surface area contributed by atoms with Crippen LogP contribution in [0.4, 0.5) is 13.2 Å². The molecular weight excluding hydrogens is 335 g/mol. The van der Waals surface area contributed by atoms with Gasteiger partial charge in [-0.05, 0) is 42.2 Å². The van der Waals surface area contributed by atoms with Crippen LogP contribution in [-0.4, -0.2) is 22.7 Å². The Balaban J connectivity index is 1.78. The topological polar surface area (TPSA) is 69.6 Å². The fraction of sp³-hybridized carbons (Fsp3) is 0.278. The number of hydrogen-bond donors (Lipinski definition) is 3. The minimum atomic E-state index is -4.62. The molecule has 3 N–H and O–H groups in total. The highest BCUT2D eigenvalue weighted by atomic mass is 19.4. The van der Waals surface area contributed by atoms with E-state index in [2.05, 4.69) is 5.32 Å². The summed E-state index contributed by atoms with van der Waals surface area (Å²) in [6.07, 6.45) is -3.57. The lowest BCUT2D eigenvalue weighted by Crippen LogP contribution is -2.39. The van der Waals surface area contributed by atoms with Gasteiger partial charge in [-0.3, -0.25) is 4.79 Å². The minimum Gasteiger partial charge on any atom is -0.507 e. The number of amides is 1. The van der Waals surface area contributed by atoms with E-state index in [4.69, 9.17) is 0 Å². The summed E-state index contributed by atoms with van der Waals surface area (Å²) in [6.45, 7) is -0.154. The predicted molar refractivity (Wildman–Crippen MR) is 84.1 cm³/mol. The molecule has 0 spiro atoms. The van der Waals surface area contributed by atoms with Gasteiger partial charge in [-0.1, -0.05) is 24.3 Å². The zero-order chi connectivity index (χ0) is 18.2. The first-order valence-electron chi connectivity index (χ1n) is 7.70. The van der Waals surface area contributed by atoms with Gasteiger partial charge in [0.1, 0.15) is 11.4 Å². The van der Waals surface area contributed by atoms with Crippen molar-refractivity contribution in [3.8, 4) is 5.75 Å². The van der Waals surface area contributed by atoms with Crippen LogP contribution in [0.15, 0.2) is 42.5 Å². The van der Waals surface area contributed by atoms with Gasteiger partial charge in [-0.15, -0.1) is 0 Å². The van der Waals surface area contributed by atoms with E-state index in [9.17, 15) is 28.2 Å². The molecule has 1 aliphatic rings. The molecule has 1 unspecified atom stereocenters. The Hall–Kier alpha value is -2.54. The summed E-state index contributed by atoms with van der Waals surface area (Å²) < 4.78 is 38.3. The summed E-state index contributed by atoms with van der Waals surface area (Å²) >= 11 is 0. The maximum absolute atomic E-state index is 12.8. The molecule has 132 valence electrons. The minimum absolute atomic E-state index is 0.154. The lowest BCUT2D eigenvalue weighted by atomic mass is 9.96. The van der Waals surface area contributed by atoms with Crippen LogP contribution in [0.5, 0.6) is 5.75 Å². The van der Waals surface area contributed by atoms with Crippen LogP contribution in [0.2, 0.25) is 0 Å². The summed E-state index contributed by atoms with van der Waals surface area (Å²) in [6, 6.07) is 9.39. The normalized spacial score (nSPS) is 19.5. The van der Waals surface area contributed by atoms with Gasteiger partial charge < -0.3 is 15.5 Å². The van der Waals surface area contributed by atoms with Crippen LogP contribution in [0, 0.1) is 0 Å². The smallest absolute Gasteiger partial charge is 0.416 e. The van der Waals surface area contributed by atoms with Crippen LogP contribution < -0.4 is 5.32 Å². The molecule has 3 rings (SSSR count). The zero-order valence-electron chi connectivity index (χ0n) is 13.1. The number of carbonyl (C=O) groups excluding carboxylic acids is 1. The molecule has 7 heteroatoms. The lowest BCUT2D eigenvalue weighted by molar-refractivity contribution is -0.137. The largest absolute Gasteiger partial charge is 0.507 e. The van der Waals surface area contributed by atoms with Crippen LogP contribution in [-0.2, 0) is 18.2 Å². The lowest BCUT2D eigenvalue weighted by Gasteiger charge is -2.24. The van der Waals surface area contributed by atoms with E-state index in [1.165, 1.54) is 0 Å². The second kappa shape index (κ2) is 6.07. The maximum Gasteiger partial charge on any atom is 0.416 e. The van der Waals surface area contributed by atoms with Gasteiger partial charge in [0, 0.05) is 0 Å². The first-order valence-corrected chi connectivity index (χ1v) is 7.70. The zero-order valence-corrected chi connectivity index (χ0v) is 13.1. The standard InChI is InChI=1S/C18H16F3NO3/c19-18(20,21)12-5-6-15(23)13(9-12)16(24)22-10-17(25)8-7-11-3-1-2-4-14(11)17/h1-6,9,23,25H,7-8,10H2,(H,22,24). The summed E-state index contributed by atoms with van der Waals surface area (Å²) in [5.74, 6) is -1.43. The van der Waals surface area contributed by atoms with Crippen molar-refractivity contribution in [3.63, 3.8) is 0 Å². The molecule has 0 heterocycles. The highest BCUT2D eigenvalue weighted by molar-refractivity contribution is 5.97. The molecule has 0 aliphatic heterocycles. The summed E-state index contributed by atoms with van der Waals surface area (Å²) in [5, 5.41) is 22.9. The number of alkyl halides is 3. The van der Waals surface area contributed by atoms with Crippen molar-refractivity contribution in [1.29, 1.82) is 0 Å². The number of halogens is 3. The SMILES string of the molecule is O=C(NCC1(O)CCc2ccccc21)c1cc(C(F)(F)F)ccc1O. The van der Waals surface area contributed by atoms with Gasteiger partial charge in [-0.2, -0.15) is 13.2 Å². The van der Waals surface area contributed by atoms with Gasteiger partial charge in [0.2, 0.25) is 0 Å². The second-order valence-corrected chi connectivity index (χ2v) is 6.10. The van der Waals surface area contributed by atoms with Crippen LogP contribution in [0.25, 0.3) is 0 Å². The number of benzene rings is 2. The Kier molecular flexibility index (Phi) is 4.20. The van der Waals surface area contributed by atoms with E-state index in [0.29, 0.717) is 30.5 Å². The van der Waals surface area contributed by atoms with Crippen LogP contribution in [0.1, 0.15) is 33.5 Å². The molecule has 0 saturated heterocycles. The Labute approximate surface area is 141 Å². The number of carbonyl (C=O) groups is 1. The molecule has 1 atom stereocenters. The third-order valence-electron chi connectivity index (χ3n) is 4.44. The molecule has 0 radical (unpaired) electrons. The van der Waals surface area contributed by atoms with Crippen molar-refractivity contribution >= 4 is 5.91 Å². The van der Waals surface area contributed by atoms with Gasteiger partial charge >= 0.3 is 6.18 Å². The Morgan fingerprint density at radius 3 is 2.64 bits per heavy atom. The molecule has 1 aliphatic carbocycles. The highest BCUT2D eigenvalue weighted by Crippen LogP contribution is 2.36. The number of aliphatic hydroxyl groups is 1. The molecule has 0 bridgehead atoms. The molecule has 0 aromatic heterocycles. The third-order valence-corrected chi connectivity index (χ3v) is 4.44. The Morgan fingerprint density at radius 1 is 1.20 bits per heavy atom. The van der Waals surface area contributed by atoms with Gasteiger partial charge in [0.05, 0.1) is 17.7 Å². The summed E-state index contributed by atoms with van der Waals surface area (Å²) in [7, 11) is 0. The first kappa shape index (κ1) is 17.3. The molecular formula is C18H16F3NO3. The van der Waals surface area contributed by atoms with Crippen molar-refractivity contribution in [3.05, 3.63) is 64.7 Å². The predicted octanol–water partition coefficient (Wildman–Crippen LogP) is 2.97. The monoisotopic (exact) mass is 351 g/mol. The van der Waals surface area contributed by atoms with Crippen molar-refractivity contribution in [1.82, 2.24) is 5.32 Å². The van der Waals surface area contributed by atoms with Crippen molar-refractivity contribution in [2.75, 3.05) is 6.54 Å². The molecule has 2 aromatic carbocycles. The molecule has 0 saturated carbocycles. The highest BCUT2D eigenvalue weighted by Gasteiger charge is 2.37. The van der Waals surface area contributed by atoms with E-state index in [0.717, 1.165) is 11.6 Å². The third kappa shape index (κ3) is 3.32. The van der Waals surface area contributed by atoms with Crippen molar-refractivity contribution in [2.45, 2.75) is 24.6 Å². The second-order valence-electron chi connectivity index (χ2n) is 6.10.